The van der Waals surface area contributed by atoms with Crippen molar-refractivity contribution in [3.63, 3.8) is 0 Å². The summed E-state index contributed by atoms with van der Waals surface area (Å²) in [6.07, 6.45) is 0. The summed E-state index contributed by atoms with van der Waals surface area (Å²) in [5.41, 5.74) is 1.77. The monoisotopic (exact) mass is 305 g/mol. The van der Waals surface area contributed by atoms with Crippen LogP contribution in [0.5, 0.6) is 11.8 Å². The molecule has 0 aliphatic rings. The molecule has 0 unspecified atom stereocenters. The summed E-state index contributed by atoms with van der Waals surface area (Å²) in [5, 5.41) is 2.68. The Balaban J connectivity index is 2.27. The van der Waals surface area contributed by atoms with E-state index >= 15 is 0 Å². The van der Waals surface area contributed by atoms with Crippen molar-refractivity contribution in [3.05, 3.63) is 41.0 Å². The first kappa shape index (κ1) is 15.7. The fraction of sp³-hybridized carbons (Fsp3) is 0.267. The zero-order valence-corrected chi connectivity index (χ0v) is 12.7. The first-order chi connectivity index (χ1) is 10.5. The number of ether oxygens (including phenoxy) is 2. The minimum atomic E-state index is -0.602. The summed E-state index contributed by atoms with van der Waals surface area (Å²) in [6, 6.07) is 4.22. The van der Waals surface area contributed by atoms with Crippen LogP contribution in [0.15, 0.2) is 18.2 Å². The molecule has 22 heavy (non-hydrogen) atoms. The second-order valence-electron chi connectivity index (χ2n) is 4.56. The van der Waals surface area contributed by atoms with Crippen LogP contribution in [0.4, 0.5) is 10.1 Å². The lowest BCUT2D eigenvalue weighted by Crippen LogP contribution is -2.15. The lowest BCUT2D eigenvalue weighted by molar-refractivity contribution is 0.102. The van der Waals surface area contributed by atoms with E-state index in [-0.39, 0.29) is 17.3 Å². The van der Waals surface area contributed by atoms with Crippen molar-refractivity contribution in [1.82, 2.24) is 9.97 Å². The van der Waals surface area contributed by atoms with Gasteiger partial charge >= 0.3 is 6.01 Å². The van der Waals surface area contributed by atoms with Crippen molar-refractivity contribution in [1.29, 1.82) is 0 Å². The van der Waals surface area contributed by atoms with Crippen molar-refractivity contribution < 1.29 is 18.7 Å². The Labute approximate surface area is 127 Å². The van der Waals surface area contributed by atoms with Crippen molar-refractivity contribution in [2.45, 2.75) is 13.8 Å². The first-order valence-corrected chi connectivity index (χ1v) is 6.50. The summed E-state index contributed by atoms with van der Waals surface area (Å²) in [6.45, 7) is 3.45. The van der Waals surface area contributed by atoms with E-state index in [9.17, 15) is 9.18 Å². The molecule has 1 amide bonds. The molecule has 1 aromatic heterocycles. The van der Waals surface area contributed by atoms with Gasteiger partial charge in [0, 0.05) is 5.56 Å². The summed E-state index contributed by atoms with van der Waals surface area (Å²) >= 11 is 0. The van der Waals surface area contributed by atoms with Gasteiger partial charge < -0.3 is 14.8 Å². The Morgan fingerprint density at radius 2 is 1.77 bits per heavy atom. The number of halogens is 1. The lowest BCUT2D eigenvalue weighted by Gasteiger charge is -2.12. The molecule has 0 spiro atoms. The SMILES string of the molecule is COc1nc(C)c(NC(=O)c2ccc(OC)c(F)c2)c(C)n1. The smallest absolute Gasteiger partial charge is 0.316 e. The molecular weight excluding hydrogens is 289 g/mol. The number of rotatable bonds is 4. The number of hydrogen-bond donors (Lipinski definition) is 1. The van der Waals surface area contributed by atoms with E-state index in [1.165, 1.54) is 26.4 Å². The number of carbonyl (C=O) groups is 1. The molecule has 0 fully saturated rings. The minimum Gasteiger partial charge on any atom is -0.494 e. The molecular formula is C15H16FN3O3. The Hall–Kier alpha value is -2.70. The van der Waals surface area contributed by atoms with Gasteiger partial charge in [-0.15, -0.1) is 0 Å². The van der Waals surface area contributed by atoms with Crippen LogP contribution in [0.25, 0.3) is 0 Å². The van der Waals surface area contributed by atoms with Gasteiger partial charge in [0.1, 0.15) is 0 Å². The van der Waals surface area contributed by atoms with Gasteiger partial charge in [-0.1, -0.05) is 0 Å². The predicted octanol–water partition coefficient (Wildman–Crippen LogP) is 2.50. The maximum Gasteiger partial charge on any atom is 0.316 e. The minimum absolute atomic E-state index is 0.0803. The number of aryl methyl sites for hydroxylation is 2. The van der Waals surface area contributed by atoms with Gasteiger partial charge in [-0.2, -0.15) is 9.97 Å². The normalized spacial score (nSPS) is 10.2. The van der Waals surface area contributed by atoms with Gasteiger partial charge in [0.25, 0.3) is 5.91 Å². The van der Waals surface area contributed by atoms with Gasteiger partial charge in [0.05, 0.1) is 31.3 Å². The van der Waals surface area contributed by atoms with Crippen molar-refractivity contribution >= 4 is 11.6 Å². The molecule has 0 radical (unpaired) electrons. The second kappa shape index (κ2) is 6.38. The second-order valence-corrected chi connectivity index (χ2v) is 4.56. The number of amides is 1. The van der Waals surface area contributed by atoms with Crippen LogP contribution < -0.4 is 14.8 Å². The largest absolute Gasteiger partial charge is 0.494 e. The van der Waals surface area contributed by atoms with Crippen molar-refractivity contribution in [3.8, 4) is 11.8 Å². The Morgan fingerprint density at radius 3 is 2.27 bits per heavy atom. The van der Waals surface area contributed by atoms with Crippen molar-refractivity contribution in [2.24, 2.45) is 0 Å². The molecule has 7 heteroatoms. The molecule has 0 aliphatic heterocycles. The van der Waals surface area contributed by atoms with Crippen LogP contribution in [0.2, 0.25) is 0 Å². The molecule has 0 bridgehead atoms. The topological polar surface area (TPSA) is 73.3 Å². The highest BCUT2D eigenvalue weighted by Crippen LogP contribution is 2.22. The molecule has 0 saturated carbocycles. The number of carbonyl (C=O) groups excluding carboxylic acids is 1. The molecule has 6 nitrogen and oxygen atoms in total. The fourth-order valence-electron chi connectivity index (χ4n) is 1.95. The standard InChI is InChI=1S/C15H16FN3O3/c1-8-13(9(2)18-15(17-8)22-4)19-14(20)10-5-6-12(21-3)11(16)7-10/h5-7H,1-4H3,(H,19,20). The number of aromatic nitrogens is 2. The maximum atomic E-state index is 13.7. The molecule has 0 atom stereocenters. The van der Waals surface area contributed by atoms with Crippen LogP contribution in [-0.4, -0.2) is 30.1 Å². The highest BCUT2D eigenvalue weighted by molar-refractivity contribution is 6.04. The fourth-order valence-corrected chi connectivity index (χ4v) is 1.95. The van der Waals surface area contributed by atoms with E-state index < -0.39 is 11.7 Å². The average molecular weight is 305 g/mol. The molecule has 1 heterocycles. The van der Waals surface area contributed by atoms with Crippen LogP contribution >= 0.6 is 0 Å². The van der Waals surface area contributed by atoms with Gasteiger partial charge in [0.2, 0.25) is 0 Å². The highest BCUT2D eigenvalue weighted by atomic mass is 19.1. The van der Waals surface area contributed by atoms with E-state index in [1.54, 1.807) is 13.8 Å². The van der Waals surface area contributed by atoms with Crippen LogP contribution in [0, 0.1) is 19.7 Å². The average Bonchev–Trinajstić information content (AvgIpc) is 2.50. The zero-order valence-electron chi connectivity index (χ0n) is 12.7. The lowest BCUT2D eigenvalue weighted by atomic mass is 10.2. The molecule has 0 aliphatic carbocycles. The summed E-state index contributed by atoms with van der Waals surface area (Å²) < 4.78 is 23.4. The third-order valence-electron chi connectivity index (χ3n) is 3.09. The number of benzene rings is 1. The summed E-state index contributed by atoms with van der Waals surface area (Å²) in [5.74, 6) is -0.979. The van der Waals surface area contributed by atoms with Crippen LogP contribution in [0.1, 0.15) is 21.7 Å². The Kier molecular flexibility index (Phi) is 4.55. The Bertz CT molecular complexity index is 696. The maximum absolute atomic E-state index is 13.7. The summed E-state index contributed by atoms with van der Waals surface area (Å²) in [7, 11) is 2.83. The highest BCUT2D eigenvalue weighted by Gasteiger charge is 2.15. The quantitative estimate of drug-likeness (QED) is 0.939. The number of hydrogen-bond acceptors (Lipinski definition) is 5. The number of methoxy groups -OCH3 is 2. The van der Waals surface area contributed by atoms with Crippen LogP contribution in [0.3, 0.4) is 0 Å². The predicted molar refractivity (Wildman–Crippen MR) is 79.0 cm³/mol. The number of nitrogens with one attached hydrogen (secondary N) is 1. The molecule has 1 N–H and O–H groups in total. The number of nitrogens with zero attached hydrogens (tertiary/aromatic N) is 2. The number of anilines is 1. The summed E-state index contributed by atoms with van der Waals surface area (Å²) in [4.78, 5) is 20.4. The molecule has 2 aromatic rings. The molecule has 0 saturated heterocycles. The van der Waals surface area contributed by atoms with Gasteiger partial charge in [-0.25, -0.2) is 4.39 Å². The van der Waals surface area contributed by atoms with Gasteiger partial charge in [-0.3, -0.25) is 4.79 Å². The third-order valence-corrected chi connectivity index (χ3v) is 3.09. The van der Waals surface area contributed by atoms with E-state index in [2.05, 4.69) is 15.3 Å². The van der Waals surface area contributed by atoms with E-state index in [0.29, 0.717) is 17.1 Å². The zero-order chi connectivity index (χ0) is 16.3. The van der Waals surface area contributed by atoms with E-state index in [4.69, 9.17) is 9.47 Å². The Morgan fingerprint density at radius 1 is 1.14 bits per heavy atom. The van der Waals surface area contributed by atoms with Gasteiger partial charge in [-0.05, 0) is 32.0 Å². The molecule has 1 aromatic carbocycles. The van der Waals surface area contributed by atoms with Gasteiger partial charge in [0.15, 0.2) is 11.6 Å². The molecule has 2 rings (SSSR count). The first-order valence-electron chi connectivity index (χ1n) is 6.50. The van der Waals surface area contributed by atoms with E-state index in [0.717, 1.165) is 6.07 Å². The van der Waals surface area contributed by atoms with Crippen LogP contribution in [-0.2, 0) is 0 Å². The van der Waals surface area contributed by atoms with Crippen molar-refractivity contribution in [2.75, 3.05) is 19.5 Å². The third kappa shape index (κ3) is 3.13. The molecule has 116 valence electrons. The van der Waals surface area contributed by atoms with E-state index in [1.807, 2.05) is 0 Å².